The van der Waals surface area contributed by atoms with Crippen molar-refractivity contribution in [2.24, 2.45) is 11.8 Å². The van der Waals surface area contributed by atoms with Gasteiger partial charge in [0.05, 0.1) is 5.60 Å². The number of carbonyl (C=O) groups excluding carboxylic acids is 2. The van der Waals surface area contributed by atoms with Crippen molar-refractivity contribution in [3.63, 3.8) is 0 Å². The zero-order chi connectivity index (χ0) is 20.8. The lowest BCUT2D eigenvalue weighted by Gasteiger charge is -2.42. The summed E-state index contributed by atoms with van der Waals surface area (Å²) in [4.78, 5) is 27.5. The van der Waals surface area contributed by atoms with Gasteiger partial charge in [0.2, 0.25) is 5.91 Å². The van der Waals surface area contributed by atoms with Gasteiger partial charge in [-0.3, -0.25) is 4.79 Å². The first-order valence-corrected chi connectivity index (χ1v) is 10.4. The minimum absolute atomic E-state index is 0.0808. The lowest BCUT2D eigenvalue weighted by Crippen LogP contribution is -2.56. The Morgan fingerprint density at radius 1 is 1.26 bits per heavy atom. The number of likely N-dealkylation sites (N-methyl/N-ethyl adjacent to an activating group) is 1. The second-order valence-corrected chi connectivity index (χ2v) is 9.22. The number of hydrogen-bond acceptors (Lipinski definition) is 4. The van der Waals surface area contributed by atoms with Crippen molar-refractivity contribution in [3.8, 4) is 0 Å². The standard InChI is InChI=1S/C21H40N2O4/c1-8-11-23(10-3)18(24)17(22-19(25)27-20(4,5)6)16-12-15(9-2)13-21(7,26)14-16/h15-17,26H,8-14H2,1-7H3,(H,22,25)/t15?,16?,17-,21?/m0/s1. The van der Waals surface area contributed by atoms with E-state index in [1.807, 2.05) is 20.8 Å². The third-order valence-electron chi connectivity index (χ3n) is 5.24. The highest BCUT2D eigenvalue weighted by atomic mass is 16.6. The van der Waals surface area contributed by atoms with Gasteiger partial charge in [-0.25, -0.2) is 4.79 Å². The SMILES string of the molecule is CCCN(CC)C(=O)[C@@H](NC(=O)OC(C)(C)C)C1CC(CC)CC(C)(O)C1. The number of amides is 2. The molecule has 1 rings (SSSR count). The first-order valence-electron chi connectivity index (χ1n) is 10.4. The molecule has 0 spiro atoms. The van der Waals surface area contributed by atoms with E-state index in [0.29, 0.717) is 25.4 Å². The van der Waals surface area contributed by atoms with E-state index in [2.05, 4.69) is 12.2 Å². The highest BCUT2D eigenvalue weighted by Crippen LogP contribution is 2.39. The maximum absolute atomic E-state index is 13.2. The fourth-order valence-electron chi connectivity index (χ4n) is 4.14. The second kappa shape index (κ2) is 9.76. The van der Waals surface area contributed by atoms with Crippen molar-refractivity contribution in [1.82, 2.24) is 10.2 Å². The molecule has 6 heteroatoms. The third kappa shape index (κ3) is 7.68. The van der Waals surface area contributed by atoms with Crippen molar-refractivity contribution >= 4 is 12.0 Å². The Bertz CT molecular complexity index is 499. The van der Waals surface area contributed by atoms with Crippen molar-refractivity contribution in [2.75, 3.05) is 13.1 Å². The van der Waals surface area contributed by atoms with Crippen LogP contribution in [0.3, 0.4) is 0 Å². The average molecular weight is 385 g/mol. The summed E-state index contributed by atoms with van der Waals surface area (Å²) in [6.45, 7) is 14.6. The maximum Gasteiger partial charge on any atom is 0.408 e. The van der Waals surface area contributed by atoms with Gasteiger partial charge in [-0.05, 0) is 72.1 Å². The van der Waals surface area contributed by atoms with Crippen molar-refractivity contribution in [3.05, 3.63) is 0 Å². The molecule has 0 aromatic rings. The van der Waals surface area contributed by atoms with Gasteiger partial charge in [-0.15, -0.1) is 0 Å². The van der Waals surface area contributed by atoms with Crippen LogP contribution in [0.1, 0.15) is 80.6 Å². The molecule has 0 aliphatic heterocycles. The molecular formula is C21H40N2O4. The quantitative estimate of drug-likeness (QED) is 0.701. The number of ether oxygens (including phenoxy) is 1. The minimum Gasteiger partial charge on any atom is -0.444 e. The lowest BCUT2D eigenvalue weighted by molar-refractivity contribution is -0.136. The number of carbonyl (C=O) groups is 2. The lowest BCUT2D eigenvalue weighted by atomic mass is 9.69. The van der Waals surface area contributed by atoms with E-state index in [9.17, 15) is 14.7 Å². The molecule has 1 fully saturated rings. The van der Waals surface area contributed by atoms with E-state index in [4.69, 9.17) is 4.74 Å². The topological polar surface area (TPSA) is 78.9 Å². The van der Waals surface area contributed by atoms with E-state index in [-0.39, 0.29) is 11.8 Å². The van der Waals surface area contributed by atoms with Gasteiger partial charge in [0.25, 0.3) is 0 Å². The largest absolute Gasteiger partial charge is 0.444 e. The van der Waals surface area contributed by atoms with Gasteiger partial charge >= 0.3 is 6.09 Å². The molecule has 6 nitrogen and oxygen atoms in total. The fraction of sp³-hybridized carbons (Fsp3) is 0.905. The van der Waals surface area contributed by atoms with E-state index in [1.54, 1.807) is 25.7 Å². The van der Waals surface area contributed by atoms with Gasteiger partial charge in [-0.2, -0.15) is 0 Å². The molecule has 1 aliphatic carbocycles. The Balaban J connectivity index is 3.08. The Kier molecular flexibility index (Phi) is 8.58. The first kappa shape index (κ1) is 23.7. The summed E-state index contributed by atoms with van der Waals surface area (Å²) < 4.78 is 5.40. The number of nitrogens with one attached hydrogen (secondary N) is 1. The van der Waals surface area contributed by atoms with Crippen LogP contribution in [0.15, 0.2) is 0 Å². The molecule has 3 unspecified atom stereocenters. The molecule has 1 saturated carbocycles. The second-order valence-electron chi connectivity index (χ2n) is 9.22. The van der Waals surface area contributed by atoms with Crippen molar-refractivity contribution < 1.29 is 19.4 Å². The molecule has 0 radical (unpaired) electrons. The Hall–Kier alpha value is -1.30. The molecule has 4 atom stereocenters. The molecule has 0 bridgehead atoms. The van der Waals surface area contributed by atoms with Crippen LogP contribution in [0.25, 0.3) is 0 Å². The molecule has 1 aliphatic rings. The van der Waals surface area contributed by atoms with Crippen LogP contribution < -0.4 is 5.32 Å². The predicted octanol–water partition coefficient (Wildman–Crippen LogP) is 3.72. The monoisotopic (exact) mass is 384 g/mol. The molecule has 0 heterocycles. The average Bonchev–Trinajstić information content (AvgIpc) is 2.53. The van der Waals surface area contributed by atoms with Crippen LogP contribution in [-0.4, -0.2) is 52.3 Å². The fourth-order valence-corrected chi connectivity index (χ4v) is 4.14. The van der Waals surface area contributed by atoms with Crippen molar-refractivity contribution in [1.29, 1.82) is 0 Å². The summed E-state index contributed by atoms with van der Waals surface area (Å²) in [6.07, 6.45) is 3.29. The zero-order valence-electron chi connectivity index (χ0n) is 18.3. The van der Waals surface area contributed by atoms with Crippen LogP contribution in [0.2, 0.25) is 0 Å². The maximum atomic E-state index is 13.2. The van der Waals surface area contributed by atoms with Gasteiger partial charge in [0.1, 0.15) is 11.6 Å². The van der Waals surface area contributed by atoms with Gasteiger partial charge < -0.3 is 20.1 Å². The zero-order valence-corrected chi connectivity index (χ0v) is 18.3. The predicted molar refractivity (Wildman–Crippen MR) is 107 cm³/mol. The molecule has 0 saturated heterocycles. The molecule has 2 N–H and O–H groups in total. The number of nitrogens with zero attached hydrogens (tertiary/aromatic N) is 1. The van der Waals surface area contributed by atoms with Crippen LogP contribution in [-0.2, 0) is 9.53 Å². The number of alkyl carbamates (subject to hydrolysis) is 1. The Morgan fingerprint density at radius 3 is 2.37 bits per heavy atom. The highest BCUT2D eigenvalue weighted by Gasteiger charge is 2.42. The van der Waals surface area contributed by atoms with E-state index in [0.717, 1.165) is 25.7 Å². The summed E-state index contributed by atoms with van der Waals surface area (Å²) in [6, 6.07) is -0.674. The van der Waals surface area contributed by atoms with Gasteiger partial charge in [0, 0.05) is 13.1 Å². The van der Waals surface area contributed by atoms with Gasteiger partial charge in [-0.1, -0.05) is 20.3 Å². The summed E-state index contributed by atoms with van der Waals surface area (Å²) in [5.41, 5.74) is -1.45. The van der Waals surface area contributed by atoms with Crippen molar-refractivity contribution in [2.45, 2.75) is 97.8 Å². The number of rotatable bonds is 7. The summed E-state index contributed by atoms with van der Waals surface area (Å²) in [7, 11) is 0. The Labute approximate surface area is 165 Å². The molecular weight excluding hydrogens is 344 g/mol. The number of aliphatic hydroxyl groups is 1. The minimum atomic E-state index is -0.820. The van der Waals surface area contributed by atoms with Crippen LogP contribution in [0, 0.1) is 11.8 Å². The van der Waals surface area contributed by atoms with Crippen LogP contribution in [0.4, 0.5) is 4.79 Å². The van der Waals surface area contributed by atoms with Crippen LogP contribution in [0.5, 0.6) is 0 Å². The molecule has 27 heavy (non-hydrogen) atoms. The van der Waals surface area contributed by atoms with E-state index in [1.165, 1.54) is 0 Å². The summed E-state index contributed by atoms with van der Waals surface area (Å²) >= 11 is 0. The highest BCUT2D eigenvalue weighted by molar-refractivity contribution is 5.86. The summed E-state index contributed by atoms with van der Waals surface area (Å²) in [5, 5.41) is 13.6. The number of hydrogen-bond donors (Lipinski definition) is 2. The first-order chi connectivity index (χ1) is 12.4. The van der Waals surface area contributed by atoms with Crippen LogP contribution >= 0.6 is 0 Å². The smallest absolute Gasteiger partial charge is 0.408 e. The Morgan fingerprint density at radius 2 is 1.89 bits per heavy atom. The summed E-state index contributed by atoms with van der Waals surface area (Å²) in [5.74, 6) is 0.156. The molecule has 2 amide bonds. The normalized spacial score (nSPS) is 27.0. The molecule has 0 aromatic heterocycles. The van der Waals surface area contributed by atoms with E-state index >= 15 is 0 Å². The molecule has 0 aromatic carbocycles. The third-order valence-corrected chi connectivity index (χ3v) is 5.24. The van der Waals surface area contributed by atoms with E-state index < -0.39 is 23.3 Å². The molecule has 158 valence electrons. The van der Waals surface area contributed by atoms with Gasteiger partial charge in [0.15, 0.2) is 0 Å².